The van der Waals surface area contributed by atoms with Crippen LogP contribution in [-0.4, -0.2) is 15.5 Å². The molecule has 1 fully saturated rings. The predicted molar refractivity (Wildman–Crippen MR) is 60.3 cm³/mol. The zero-order chi connectivity index (χ0) is 10.7. The minimum absolute atomic E-state index is 0.181. The quantitative estimate of drug-likeness (QED) is 0.517. The molecule has 2 rings (SSSR count). The molecule has 1 saturated carbocycles. The summed E-state index contributed by atoms with van der Waals surface area (Å²) >= 11 is 0. The van der Waals surface area contributed by atoms with Crippen molar-refractivity contribution in [3.63, 3.8) is 0 Å². The van der Waals surface area contributed by atoms with Gasteiger partial charge >= 0.3 is 0 Å². The number of hydrazine groups is 1. The van der Waals surface area contributed by atoms with Crippen molar-refractivity contribution < 1.29 is 0 Å². The fraction of sp³-hybridized carbons (Fsp3) is 0.600. The molecule has 1 heterocycles. The second kappa shape index (κ2) is 4.02. The van der Waals surface area contributed by atoms with E-state index in [1.807, 2.05) is 6.07 Å². The molecule has 0 radical (unpaired) electrons. The summed E-state index contributed by atoms with van der Waals surface area (Å²) in [6.45, 7) is 2.23. The summed E-state index contributed by atoms with van der Waals surface area (Å²) in [6, 6.07) is 1.87. The summed E-state index contributed by atoms with van der Waals surface area (Å²) in [5.41, 5.74) is 2.62. The summed E-state index contributed by atoms with van der Waals surface area (Å²) in [5, 5.41) is 3.45. The van der Waals surface area contributed by atoms with Crippen LogP contribution in [0.3, 0.4) is 0 Å². The van der Waals surface area contributed by atoms with Crippen molar-refractivity contribution in [2.24, 2.45) is 5.84 Å². The van der Waals surface area contributed by atoms with Crippen molar-refractivity contribution in [3.8, 4) is 0 Å². The Morgan fingerprint density at radius 3 is 2.80 bits per heavy atom. The van der Waals surface area contributed by atoms with Gasteiger partial charge in [-0.05, 0) is 25.8 Å². The first-order chi connectivity index (χ1) is 7.22. The lowest BCUT2D eigenvalue weighted by Crippen LogP contribution is -2.31. The Hall–Kier alpha value is -1.36. The minimum atomic E-state index is 0.181. The molecule has 15 heavy (non-hydrogen) atoms. The van der Waals surface area contributed by atoms with Gasteiger partial charge in [0.1, 0.15) is 5.82 Å². The lowest BCUT2D eigenvalue weighted by Gasteiger charge is -2.25. The molecule has 1 aliphatic carbocycles. The van der Waals surface area contributed by atoms with Gasteiger partial charge in [-0.25, -0.2) is 10.8 Å². The van der Waals surface area contributed by atoms with Crippen LogP contribution < -0.4 is 16.6 Å². The number of rotatable bonds is 3. The summed E-state index contributed by atoms with van der Waals surface area (Å²) in [6.07, 6.45) is 6.67. The second-order valence-electron chi connectivity index (χ2n) is 4.30. The summed E-state index contributed by atoms with van der Waals surface area (Å²) in [7, 11) is 0. The van der Waals surface area contributed by atoms with Gasteiger partial charge < -0.3 is 5.32 Å². The highest BCUT2D eigenvalue weighted by Gasteiger charge is 2.28. The Morgan fingerprint density at radius 1 is 1.40 bits per heavy atom. The van der Waals surface area contributed by atoms with E-state index in [-0.39, 0.29) is 5.54 Å². The zero-order valence-corrected chi connectivity index (χ0v) is 8.95. The molecule has 0 aromatic carbocycles. The van der Waals surface area contributed by atoms with E-state index in [1.54, 1.807) is 6.20 Å². The molecule has 0 amide bonds. The van der Waals surface area contributed by atoms with Crippen molar-refractivity contribution in [2.45, 2.75) is 38.1 Å². The average Bonchev–Trinajstić information content (AvgIpc) is 2.65. The van der Waals surface area contributed by atoms with Gasteiger partial charge in [0.25, 0.3) is 0 Å². The van der Waals surface area contributed by atoms with Crippen molar-refractivity contribution in [2.75, 3.05) is 10.7 Å². The van der Waals surface area contributed by atoms with E-state index in [9.17, 15) is 0 Å². The molecule has 0 saturated heterocycles. The number of nitrogen functional groups attached to an aromatic ring is 1. The summed E-state index contributed by atoms with van der Waals surface area (Å²) in [4.78, 5) is 8.21. The zero-order valence-electron chi connectivity index (χ0n) is 8.95. The maximum Gasteiger partial charge on any atom is 0.239 e. The number of hydrogen-bond acceptors (Lipinski definition) is 5. The van der Waals surface area contributed by atoms with Gasteiger partial charge in [-0.15, -0.1) is 0 Å². The van der Waals surface area contributed by atoms with Crippen LogP contribution in [0.1, 0.15) is 32.6 Å². The Labute approximate surface area is 89.5 Å². The molecule has 82 valence electrons. The highest BCUT2D eigenvalue weighted by Crippen LogP contribution is 2.31. The summed E-state index contributed by atoms with van der Waals surface area (Å²) in [5.74, 6) is 6.54. The molecule has 0 atom stereocenters. The normalized spacial score (nSPS) is 18.8. The van der Waals surface area contributed by atoms with E-state index in [0.717, 1.165) is 5.82 Å². The molecule has 1 aliphatic rings. The number of nitrogens with two attached hydrogens (primary N) is 1. The van der Waals surface area contributed by atoms with Crippen molar-refractivity contribution in [3.05, 3.63) is 12.3 Å². The maximum absolute atomic E-state index is 5.26. The largest absolute Gasteiger partial charge is 0.365 e. The average molecular weight is 207 g/mol. The van der Waals surface area contributed by atoms with Crippen LogP contribution in [0.25, 0.3) is 0 Å². The molecule has 5 heteroatoms. The van der Waals surface area contributed by atoms with Gasteiger partial charge in [0.05, 0.1) is 0 Å². The number of nitrogens with one attached hydrogen (secondary N) is 2. The molecule has 5 nitrogen and oxygen atoms in total. The van der Waals surface area contributed by atoms with Crippen molar-refractivity contribution in [1.29, 1.82) is 0 Å². The van der Waals surface area contributed by atoms with Crippen molar-refractivity contribution >= 4 is 11.8 Å². The van der Waals surface area contributed by atoms with Gasteiger partial charge in [-0.3, -0.25) is 5.43 Å². The molecule has 0 bridgehead atoms. The Bertz CT molecular complexity index is 332. The standard InChI is InChI=1S/C10H17N5/c1-10(5-2-3-6-10)14-8-4-7-12-9(13-8)15-11/h4,7H,2-3,5-6,11H2,1H3,(H2,12,13,14,15). The van der Waals surface area contributed by atoms with Crippen molar-refractivity contribution in [1.82, 2.24) is 9.97 Å². The molecular weight excluding hydrogens is 190 g/mol. The highest BCUT2D eigenvalue weighted by atomic mass is 15.3. The van der Waals surface area contributed by atoms with Gasteiger partial charge in [0.15, 0.2) is 0 Å². The first kappa shape index (κ1) is 10.2. The lowest BCUT2D eigenvalue weighted by atomic mass is 10.0. The molecule has 0 aliphatic heterocycles. The van der Waals surface area contributed by atoms with Crippen LogP contribution in [0.15, 0.2) is 12.3 Å². The first-order valence-corrected chi connectivity index (χ1v) is 5.30. The van der Waals surface area contributed by atoms with Gasteiger partial charge in [-0.1, -0.05) is 12.8 Å². The van der Waals surface area contributed by atoms with Crippen LogP contribution in [-0.2, 0) is 0 Å². The topological polar surface area (TPSA) is 75.9 Å². The third kappa shape index (κ3) is 2.36. The van der Waals surface area contributed by atoms with E-state index in [1.165, 1.54) is 25.7 Å². The Kier molecular flexibility index (Phi) is 2.73. The molecule has 0 spiro atoms. The van der Waals surface area contributed by atoms with Crippen LogP contribution in [0, 0.1) is 0 Å². The van der Waals surface area contributed by atoms with Crippen LogP contribution in [0.2, 0.25) is 0 Å². The van der Waals surface area contributed by atoms with E-state index in [0.29, 0.717) is 5.95 Å². The molecule has 1 aromatic rings. The maximum atomic E-state index is 5.26. The SMILES string of the molecule is CC1(Nc2ccnc(NN)n2)CCCC1. The Balaban J connectivity index is 2.09. The van der Waals surface area contributed by atoms with Crippen LogP contribution in [0.5, 0.6) is 0 Å². The van der Waals surface area contributed by atoms with Gasteiger partial charge in [0, 0.05) is 11.7 Å². The third-order valence-electron chi connectivity index (χ3n) is 2.92. The van der Waals surface area contributed by atoms with Crippen LogP contribution >= 0.6 is 0 Å². The fourth-order valence-electron chi connectivity index (χ4n) is 2.09. The molecule has 4 N–H and O–H groups in total. The molecule has 0 unspecified atom stereocenters. The van der Waals surface area contributed by atoms with Gasteiger partial charge in [0.2, 0.25) is 5.95 Å². The summed E-state index contributed by atoms with van der Waals surface area (Å²) < 4.78 is 0. The van der Waals surface area contributed by atoms with E-state index < -0.39 is 0 Å². The fourth-order valence-corrected chi connectivity index (χ4v) is 2.09. The number of anilines is 2. The minimum Gasteiger partial charge on any atom is -0.365 e. The monoisotopic (exact) mass is 207 g/mol. The lowest BCUT2D eigenvalue weighted by molar-refractivity contribution is 0.531. The van der Waals surface area contributed by atoms with E-state index in [2.05, 4.69) is 27.6 Å². The third-order valence-corrected chi connectivity index (χ3v) is 2.92. The number of nitrogens with zero attached hydrogens (tertiary/aromatic N) is 2. The first-order valence-electron chi connectivity index (χ1n) is 5.30. The van der Waals surface area contributed by atoms with E-state index >= 15 is 0 Å². The van der Waals surface area contributed by atoms with Gasteiger partial charge in [-0.2, -0.15) is 4.98 Å². The Morgan fingerprint density at radius 2 is 2.13 bits per heavy atom. The highest BCUT2D eigenvalue weighted by molar-refractivity contribution is 5.41. The van der Waals surface area contributed by atoms with Crippen LogP contribution in [0.4, 0.5) is 11.8 Å². The number of aromatic nitrogens is 2. The smallest absolute Gasteiger partial charge is 0.239 e. The second-order valence-corrected chi connectivity index (χ2v) is 4.30. The number of hydrogen-bond donors (Lipinski definition) is 3. The van der Waals surface area contributed by atoms with E-state index in [4.69, 9.17) is 5.84 Å². The predicted octanol–water partition coefficient (Wildman–Crippen LogP) is 1.51. The molecule has 1 aromatic heterocycles. The molecular formula is C10H17N5.